The maximum atomic E-state index is 12.6. The van der Waals surface area contributed by atoms with E-state index in [1.54, 1.807) is 0 Å². The van der Waals surface area contributed by atoms with Gasteiger partial charge in [-0.3, -0.25) is 9.59 Å². The molecule has 3 rings (SSSR count). The number of rotatable bonds is 5. The summed E-state index contributed by atoms with van der Waals surface area (Å²) in [6.45, 7) is 6.38. The van der Waals surface area contributed by atoms with E-state index >= 15 is 0 Å². The van der Waals surface area contributed by atoms with Crippen LogP contribution >= 0.6 is 11.3 Å². The molecule has 2 aromatic rings. The molecule has 0 aliphatic carbocycles. The first-order chi connectivity index (χ1) is 11.6. The molecule has 7 heteroatoms. The maximum absolute atomic E-state index is 12.6. The van der Waals surface area contributed by atoms with E-state index in [1.165, 1.54) is 11.3 Å². The van der Waals surface area contributed by atoms with Gasteiger partial charge in [0, 0.05) is 25.9 Å². The third-order valence-electron chi connectivity index (χ3n) is 4.29. The zero-order chi connectivity index (χ0) is 17.1. The highest BCUT2D eigenvalue weighted by molar-refractivity contribution is 7.12. The molecule has 2 amide bonds. The van der Waals surface area contributed by atoms with E-state index in [4.69, 9.17) is 4.98 Å². The zero-order valence-corrected chi connectivity index (χ0v) is 14.9. The molecule has 1 aliphatic heterocycles. The van der Waals surface area contributed by atoms with Crippen LogP contribution in [-0.4, -0.2) is 32.8 Å². The number of hydrogen-bond acceptors (Lipinski definition) is 4. The minimum atomic E-state index is 0.0214. The maximum Gasteiger partial charge on any atom is 0.264 e. The van der Waals surface area contributed by atoms with Crippen molar-refractivity contribution < 1.29 is 9.59 Å². The highest BCUT2D eigenvalue weighted by atomic mass is 32.1. The summed E-state index contributed by atoms with van der Waals surface area (Å²) >= 11 is 1.47. The molecule has 0 aromatic carbocycles. The van der Waals surface area contributed by atoms with Crippen molar-refractivity contribution in [3.8, 4) is 0 Å². The fraction of sp³-hybridized carbons (Fsp3) is 0.471. The Morgan fingerprint density at radius 2 is 2.21 bits per heavy atom. The molecule has 0 fully saturated rings. The summed E-state index contributed by atoms with van der Waals surface area (Å²) in [7, 11) is 0. The Morgan fingerprint density at radius 1 is 1.38 bits per heavy atom. The standard InChI is InChI=1S/C17H22N4O2S/c1-3-16(22)18-10-15-19-12-7-8-20(11-13(12)21(15)4-2)17(23)14-6-5-9-24-14/h5-6,9H,3-4,7-8,10-11H2,1-2H3,(H,18,22). The Balaban J connectivity index is 1.79. The number of thiophene rings is 1. The van der Waals surface area contributed by atoms with Gasteiger partial charge >= 0.3 is 0 Å². The van der Waals surface area contributed by atoms with Crippen LogP contribution in [-0.2, 0) is 30.8 Å². The fourth-order valence-electron chi connectivity index (χ4n) is 3.01. The SMILES string of the molecule is CCC(=O)NCc1nc2c(n1CC)CN(C(=O)c1cccs1)CC2. The van der Waals surface area contributed by atoms with Crippen LogP contribution in [0.15, 0.2) is 17.5 Å². The lowest BCUT2D eigenvalue weighted by Crippen LogP contribution is -2.36. The number of nitrogens with one attached hydrogen (secondary N) is 1. The highest BCUT2D eigenvalue weighted by Gasteiger charge is 2.27. The average Bonchev–Trinajstić information content (AvgIpc) is 3.25. The summed E-state index contributed by atoms with van der Waals surface area (Å²) in [5, 5.41) is 4.81. The van der Waals surface area contributed by atoms with Crippen molar-refractivity contribution in [3.63, 3.8) is 0 Å². The molecule has 0 unspecified atom stereocenters. The molecular formula is C17H22N4O2S. The van der Waals surface area contributed by atoms with E-state index in [2.05, 4.69) is 16.8 Å². The summed E-state index contributed by atoms with van der Waals surface area (Å²) < 4.78 is 2.12. The molecule has 0 radical (unpaired) electrons. The lowest BCUT2D eigenvalue weighted by atomic mass is 10.1. The van der Waals surface area contributed by atoms with Gasteiger partial charge in [0.15, 0.2) is 0 Å². The van der Waals surface area contributed by atoms with Gasteiger partial charge in [0.05, 0.1) is 29.4 Å². The highest BCUT2D eigenvalue weighted by Crippen LogP contribution is 2.23. The van der Waals surface area contributed by atoms with Gasteiger partial charge in [0.1, 0.15) is 5.82 Å². The van der Waals surface area contributed by atoms with Gasteiger partial charge in [-0.15, -0.1) is 11.3 Å². The number of carbonyl (C=O) groups excluding carboxylic acids is 2. The zero-order valence-electron chi connectivity index (χ0n) is 14.0. The predicted molar refractivity (Wildman–Crippen MR) is 92.8 cm³/mol. The molecule has 1 N–H and O–H groups in total. The van der Waals surface area contributed by atoms with Crippen LogP contribution in [0.1, 0.15) is 47.2 Å². The first kappa shape index (κ1) is 16.7. The Labute approximate surface area is 145 Å². The lowest BCUT2D eigenvalue weighted by Gasteiger charge is -2.27. The van der Waals surface area contributed by atoms with Gasteiger partial charge < -0.3 is 14.8 Å². The molecule has 1 aliphatic rings. The average molecular weight is 346 g/mol. The Bertz CT molecular complexity index is 736. The van der Waals surface area contributed by atoms with Crippen LogP contribution in [0.25, 0.3) is 0 Å². The van der Waals surface area contributed by atoms with Crippen LogP contribution in [0, 0.1) is 0 Å². The van der Waals surface area contributed by atoms with Crippen LogP contribution in [0.2, 0.25) is 0 Å². The van der Waals surface area contributed by atoms with E-state index in [0.29, 0.717) is 26.1 Å². The van der Waals surface area contributed by atoms with Gasteiger partial charge in [0.25, 0.3) is 5.91 Å². The summed E-state index contributed by atoms with van der Waals surface area (Å²) in [4.78, 5) is 31.4. The minimum absolute atomic E-state index is 0.0214. The number of amides is 2. The fourth-order valence-corrected chi connectivity index (χ4v) is 3.70. The summed E-state index contributed by atoms with van der Waals surface area (Å²) in [5.74, 6) is 0.975. The summed E-state index contributed by atoms with van der Waals surface area (Å²) in [6.07, 6.45) is 1.23. The predicted octanol–water partition coefficient (Wildman–Crippen LogP) is 2.19. The second kappa shape index (κ2) is 7.17. The first-order valence-electron chi connectivity index (χ1n) is 8.30. The number of imidazole rings is 1. The van der Waals surface area contributed by atoms with Gasteiger partial charge in [-0.2, -0.15) is 0 Å². The van der Waals surface area contributed by atoms with Gasteiger partial charge in [-0.1, -0.05) is 13.0 Å². The number of hydrogen-bond donors (Lipinski definition) is 1. The topological polar surface area (TPSA) is 67.2 Å². The van der Waals surface area contributed by atoms with Crippen LogP contribution in [0.5, 0.6) is 0 Å². The van der Waals surface area contributed by atoms with Gasteiger partial charge in [0.2, 0.25) is 5.91 Å². The first-order valence-corrected chi connectivity index (χ1v) is 9.18. The molecule has 128 valence electrons. The summed E-state index contributed by atoms with van der Waals surface area (Å²) in [5.41, 5.74) is 2.14. The number of carbonyl (C=O) groups is 2. The molecule has 0 bridgehead atoms. The summed E-state index contributed by atoms with van der Waals surface area (Å²) in [6, 6.07) is 3.77. The van der Waals surface area contributed by atoms with Crippen molar-refractivity contribution in [2.75, 3.05) is 6.54 Å². The van der Waals surface area contributed by atoms with Crippen LogP contribution < -0.4 is 5.32 Å². The Hall–Kier alpha value is -2.15. The third kappa shape index (κ3) is 3.21. The van der Waals surface area contributed by atoms with Gasteiger partial charge in [-0.25, -0.2) is 4.98 Å². The quantitative estimate of drug-likeness (QED) is 0.902. The molecule has 0 atom stereocenters. The molecular weight excluding hydrogens is 324 g/mol. The molecule has 6 nitrogen and oxygen atoms in total. The third-order valence-corrected chi connectivity index (χ3v) is 5.15. The molecule has 0 spiro atoms. The Kier molecular flexibility index (Phi) is 4.99. The van der Waals surface area contributed by atoms with E-state index in [-0.39, 0.29) is 11.8 Å². The monoisotopic (exact) mass is 346 g/mol. The molecule has 2 aromatic heterocycles. The van der Waals surface area contributed by atoms with Crippen molar-refractivity contribution in [3.05, 3.63) is 39.6 Å². The van der Waals surface area contributed by atoms with Crippen molar-refractivity contribution in [1.82, 2.24) is 19.8 Å². The van der Waals surface area contributed by atoms with Crippen molar-refractivity contribution >= 4 is 23.2 Å². The lowest BCUT2D eigenvalue weighted by molar-refractivity contribution is -0.120. The second-order valence-electron chi connectivity index (χ2n) is 5.75. The largest absolute Gasteiger partial charge is 0.349 e. The molecule has 0 saturated heterocycles. The van der Waals surface area contributed by atoms with E-state index in [0.717, 1.165) is 35.1 Å². The number of nitrogens with zero attached hydrogens (tertiary/aromatic N) is 3. The van der Waals surface area contributed by atoms with Crippen LogP contribution in [0.4, 0.5) is 0 Å². The molecule has 0 saturated carbocycles. The minimum Gasteiger partial charge on any atom is -0.349 e. The van der Waals surface area contributed by atoms with Crippen molar-refractivity contribution in [2.45, 2.75) is 46.3 Å². The smallest absolute Gasteiger partial charge is 0.264 e. The molecule has 3 heterocycles. The van der Waals surface area contributed by atoms with E-state index in [9.17, 15) is 9.59 Å². The number of aromatic nitrogens is 2. The van der Waals surface area contributed by atoms with Gasteiger partial charge in [-0.05, 0) is 18.4 Å². The van der Waals surface area contributed by atoms with Crippen LogP contribution in [0.3, 0.4) is 0 Å². The number of fused-ring (bicyclic) bond motifs is 1. The second-order valence-corrected chi connectivity index (χ2v) is 6.70. The van der Waals surface area contributed by atoms with E-state index < -0.39 is 0 Å². The molecule has 24 heavy (non-hydrogen) atoms. The van der Waals surface area contributed by atoms with Crippen molar-refractivity contribution in [2.24, 2.45) is 0 Å². The van der Waals surface area contributed by atoms with E-state index in [1.807, 2.05) is 29.3 Å². The normalized spacial score (nSPS) is 13.7. The Morgan fingerprint density at radius 3 is 2.88 bits per heavy atom. The van der Waals surface area contributed by atoms with Crippen molar-refractivity contribution in [1.29, 1.82) is 0 Å².